The number of hydrogen-bond acceptors (Lipinski definition) is 3. The van der Waals surface area contributed by atoms with Gasteiger partial charge >= 0.3 is 0 Å². The Kier molecular flexibility index (Phi) is 7.05. The molecule has 6 heteroatoms. The Morgan fingerprint density at radius 1 is 1.11 bits per heavy atom. The number of benzene rings is 1. The summed E-state index contributed by atoms with van der Waals surface area (Å²) in [4.78, 5) is 31.6. The molecule has 2 saturated heterocycles. The first-order valence-electron chi connectivity index (χ1n) is 10.5. The van der Waals surface area contributed by atoms with Gasteiger partial charge in [-0.2, -0.15) is 0 Å². The topological polar surface area (TPSA) is 43.9 Å². The van der Waals surface area contributed by atoms with Gasteiger partial charge in [0, 0.05) is 45.2 Å². The summed E-state index contributed by atoms with van der Waals surface area (Å²) in [7, 11) is 0. The average molecular weight is 390 g/mol. The second-order valence-corrected chi connectivity index (χ2v) is 8.39. The lowest BCUT2D eigenvalue weighted by Gasteiger charge is -2.35. The van der Waals surface area contributed by atoms with Crippen LogP contribution in [0.15, 0.2) is 24.3 Å². The Bertz CT molecular complexity index is 671. The second kappa shape index (κ2) is 9.50. The molecule has 0 spiro atoms. The van der Waals surface area contributed by atoms with Gasteiger partial charge in [-0.3, -0.25) is 14.5 Å². The van der Waals surface area contributed by atoms with Crippen molar-refractivity contribution in [3.8, 4) is 0 Å². The Morgan fingerprint density at radius 3 is 2.43 bits per heavy atom. The molecule has 2 fully saturated rings. The fourth-order valence-corrected chi connectivity index (χ4v) is 4.18. The zero-order valence-corrected chi connectivity index (χ0v) is 17.1. The molecule has 0 radical (unpaired) electrons. The summed E-state index contributed by atoms with van der Waals surface area (Å²) >= 11 is 0. The first kappa shape index (κ1) is 20.8. The van der Waals surface area contributed by atoms with E-state index in [9.17, 15) is 14.0 Å². The highest BCUT2D eigenvalue weighted by molar-refractivity contribution is 5.79. The maximum atomic E-state index is 13.2. The van der Waals surface area contributed by atoms with Crippen LogP contribution in [-0.4, -0.2) is 65.3 Å². The lowest BCUT2D eigenvalue weighted by molar-refractivity contribution is -0.134. The molecule has 0 bridgehead atoms. The number of piperidine rings is 1. The number of amides is 2. The van der Waals surface area contributed by atoms with Gasteiger partial charge in [-0.05, 0) is 42.9 Å². The van der Waals surface area contributed by atoms with Gasteiger partial charge in [-0.25, -0.2) is 4.39 Å². The van der Waals surface area contributed by atoms with Gasteiger partial charge in [0.15, 0.2) is 0 Å². The van der Waals surface area contributed by atoms with E-state index >= 15 is 0 Å². The third-order valence-electron chi connectivity index (χ3n) is 5.91. The van der Waals surface area contributed by atoms with E-state index in [1.54, 1.807) is 12.1 Å². The average Bonchev–Trinajstić information content (AvgIpc) is 2.84. The van der Waals surface area contributed by atoms with Crippen LogP contribution in [0.3, 0.4) is 0 Å². The van der Waals surface area contributed by atoms with Gasteiger partial charge in [-0.1, -0.05) is 26.0 Å². The summed E-state index contributed by atoms with van der Waals surface area (Å²) in [5.41, 5.74) is 0.929. The quantitative estimate of drug-likeness (QED) is 0.778. The fourth-order valence-electron chi connectivity index (χ4n) is 4.18. The van der Waals surface area contributed by atoms with E-state index in [1.807, 2.05) is 9.80 Å². The fraction of sp³-hybridized carbons (Fsp3) is 0.636. The van der Waals surface area contributed by atoms with Crippen LogP contribution < -0.4 is 0 Å². The van der Waals surface area contributed by atoms with Crippen molar-refractivity contribution in [3.05, 3.63) is 35.6 Å². The molecule has 28 heavy (non-hydrogen) atoms. The monoisotopic (exact) mass is 389 g/mol. The van der Waals surface area contributed by atoms with Crippen LogP contribution >= 0.6 is 0 Å². The Hall–Kier alpha value is -1.95. The molecule has 2 amide bonds. The zero-order valence-electron chi connectivity index (χ0n) is 17.1. The number of hydrogen-bond donors (Lipinski definition) is 0. The lowest BCUT2D eigenvalue weighted by atomic mass is 10.0. The third kappa shape index (κ3) is 5.31. The van der Waals surface area contributed by atoms with Crippen molar-refractivity contribution in [2.45, 2.75) is 52.1 Å². The highest BCUT2D eigenvalue weighted by Crippen LogP contribution is 2.21. The molecule has 2 aliphatic heterocycles. The number of likely N-dealkylation sites (tertiary alicyclic amines) is 1. The SMILES string of the molecule is CC(C)[C@H]1CN(CC(=O)N2CCCCC2)CCC(=O)N1Cc1ccc(F)cc1. The third-order valence-corrected chi connectivity index (χ3v) is 5.91. The van der Waals surface area contributed by atoms with Crippen LogP contribution in [-0.2, 0) is 16.1 Å². The number of carbonyl (C=O) groups is 2. The summed E-state index contributed by atoms with van der Waals surface area (Å²) in [6.07, 6.45) is 3.79. The minimum atomic E-state index is -0.270. The van der Waals surface area contributed by atoms with E-state index < -0.39 is 0 Å². The van der Waals surface area contributed by atoms with Crippen molar-refractivity contribution < 1.29 is 14.0 Å². The van der Waals surface area contributed by atoms with Gasteiger partial charge in [0.2, 0.25) is 11.8 Å². The van der Waals surface area contributed by atoms with Crippen molar-refractivity contribution in [1.29, 1.82) is 0 Å². The molecule has 0 saturated carbocycles. The van der Waals surface area contributed by atoms with E-state index in [-0.39, 0.29) is 29.6 Å². The smallest absolute Gasteiger partial charge is 0.236 e. The van der Waals surface area contributed by atoms with Crippen molar-refractivity contribution >= 4 is 11.8 Å². The number of halogens is 1. The normalized spacial score (nSPS) is 21.9. The molecular formula is C22H32FN3O2. The minimum Gasteiger partial charge on any atom is -0.342 e. The largest absolute Gasteiger partial charge is 0.342 e. The molecule has 1 atom stereocenters. The highest BCUT2D eigenvalue weighted by Gasteiger charge is 2.33. The first-order chi connectivity index (χ1) is 13.4. The summed E-state index contributed by atoms with van der Waals surface area (Å²) in [6.45, 7) is 8.13. The maximum absolute atomic E-state index is 13.2. The van der Waals surface area contributed by atoms with Crippen molar-refractivity contribution in [2.24, 2.45) is 5.92 Å². The molecule has 0 aromatic heterocycles. The van der Waals surface area contributed by atoms with Gasteiger partial charge in [0.25, 0.3) is 0 Å². The van der Waals surface area contributed by atoms with Crippen LogP contribution in [0.2, 0.25) is 0 Å². The summed E-state index contributed by atoms with van der Waals surface area (Å²) in [6, 6.07) is 6.39. The van der Waals surface area contributed by atoms with Gasteiger partial charge in [0.1, 0.15) is 5.82 Å². The van der Waals surface area contributed by atoms with Crippen LogP contribution in [0.4, 0.5) is 4.39 Å². The molecule has 0 N–H and O–H groups in total. The van der Waals surface area contributed by atoms with E-state index in [1.165, 1.54) is 18.6 Å². The molecule has 1 aromatic carbocycles. The van der Waals surface area contributed by atoms with Gasteiger partial charge < -0.3 is 9.80 Å². The Balaban J connectivity index is 1.68. The van der Waals surface area contributed by atoms with Crippen molar-refractivity contribution in [3.63, 3.8) is 0 Å². The number of rotatable bonds is 5. The molecule has 2 heterocycles. The predicted molar refractivity (Wildman–Crippen MR) is 107 cm³/mol. The Morgan fingerprint density at radius 2 is 1.79 bits per heavy atom. The van der Waals surface area contributed by atoms with Crippen molar-refractivity contribution in [2.75, 3.05) is 32.7 Å². The summed E-state index contributed by atoms with van der Waals surface area (Å²) in [5, 5.41) is 0. The van der Waals surface area contributed by atoms with Gasteiger partial charge in [-0.15, -0.1) is 0 Å². The molecule has 0 unspecified atom stereocenters. The molecule has 0 aliphatic carbocycles. The van der Waals surface area contributed by atoms with E-state index in [0.717, 1.165) is 31.5 Å². The summed E-state index contributed by atoms with van der Waals surface area (Å²) < 4.78 is 13.2. The highest BCUT2D eigenvalue weighted by atomic mass is 19.1. The molecule has 3 rings (SSSR count). The van der Waals surface area contributed by atoms with E-state index in [4.69, 9.17) is 0 Å². The standard InChI is InChI=1S/C22H32FN3O2/c1-17(2)20-15-24(16-22(28)25-11-4-3-5-12-25)13-10-21(27)26(20)14-18-6-8-19(23)9-7-18/h6-9,17,20H,3-5,10-16H2,1-2H3/t20-/m1/s1. The van der Waals surface area contributed by atoms with E-state index in [0.29, 0.717) is 32.6 Å². The Labute approximate surface area is 167 Å². The number of nitrogens with zero attached hydrogens (tertiary/aromatic N) is 3. The van der Waals surface area contributed by atoms with Crippen LogP contribution in [0.25, 0.3) is 0 Å². The van der Waals surface area contributed by atoms with Crippen LogP contribution in [0, 0.1) is 11.7 Å². The molecular weight excluding hydrogens is 357 g/mol. The maximum Gasteiger partial charge on any atom is 0.236 e. The van der Waals surface area contributed by atoms with Gasteiger partial charge in [0.05, 0.1) is 6.54 Å². The molecule has 154 valence electrons. The van der Waals surface area contributed by atoms with Crippen molar-refractivity contribution in [1.82, 2.24) is 14.7 Å². The number of carbonyl (C=O) groups excluding carboxylic acids is 2. The van der Waals surface area contributed by atoms with Crippen LogP contribution in [0.1, 0.15) is 45.1 Å². The summed E-state index contributed by atoms with van der Waals surface area (Å²) in [5.74, 6) is 0.293. The zero-order chi connectivity index (χ0) is 20.1. The lowest BCUT2D eigenvalue weighted by Crippen LogP contribution is -2.48. The molecule has 5 nitrogen and oxygen atoms in total. The molecule has 2 aliphatic rings. The minimum absolute atomic E-state index is 0.0363. The first-order valence-corrected chi connectivity index (χ1v) is 10.5. The molecule has 1 aromatic rings. The second-order valence-electron chi connectivity index (χ2n) is 8.39. The predicted octanol–water partition coefficient (Wildman–Crippen LogP) is 2.90. The van der Waals surface area contributed by atoms with E-state index in [2.05, 4.69) is 18.7 Å². The van der Waals surface area contributed by atoms with Crippen LogP contribution in [0.5, 0.6) is 0 Å².